The highest BCUT2D eigenvalue weighted by Crippen LogP contribution is 2.39. The van der Waals surface area contributed by atoms with Gasteiger partial charge in [-0.05, 0) is 55.8 Å². The van der Waals surface area contributed by atoms with Crippen molar-refractivity contribution in [3.63, 3.8) is 0 Å². The molecule has 3 rings (SSSR count). The van der Waals surface area contributed by atoms with Crippen molar-refractivity contribution in [3.8, 4) is 0 Å². The van der Waals surface area contributed by atoms with E-state index in [2.05, 4.69) is 17.9 Å². The van der Waals surface area contributed by atoms with E-state index >= 15 is 0 Å². The molecule has 24 heavy (non-hydrogen) atoms. The molecule has 2 aromatic rings. The minimum Gasteiger partial charge on any atom is -0.339 e. The molecule has 0 fully saturated rings. The van der Waals surface area contributed by atoms with Crippen molar-refractivity contribution in [1.29, 1.82) is 10.8 Å². The molecule has 0 saturated carbocycles. The summed E-state index contributed by atoms with van der Waals surface area (Å²) < 4.78 is 0. The minimum absolute atomic E-state index is 0.00585. The molecule has 0 bridgehead atoms. The first-order valence-corrected chi connectivity index (χ1v) is 8.33. The topological polar surface area (TPSA) is 54.2 Å². The summed E-state index contributed by atoms with van der Waals surface area (Å²) in [4.78, 5) is 3.94. The molecule has 0 spiro atoms. The Morgan fingerprint density at radius 3 is 2.42 bits per heavy atom. The third kappa shape index (κ3) is 2.89. The number of anilines is 3. The van der Waals surface area contributed by atoms with Gasteiger partial charge in [-0.15, -0.1) is 0 Å². The lowest BCUT2D eigenvalue weighted by atomic mass is 10.1. The molecule has 0 aliphatic carbocycles. The molecule has 0 saturated heterocycles. The summed E-state index contributed by atoms with van der Waals surface area (Å²) in [6, 6.07) is 13.9. The van der Waals surface area contributed by atoms with Crippen molar-refractivity contribution in [3.05, 3.63) is 53.1 Å². The van der Waals surface area contributed by atoms with Crippen LogP contribution in [-0.2, 0) is 0 Å². The summed E-state index contributed by atoms with van der Waals surface area (Å²) in [6.45, 7) is 6.49. The summed E-state index contributed by atoms with van der Waals surface area (Å²) in [6.07, 6.45) is 0. The van der Waals surface area contributed by atoms with Crippen LogP contribution >= 0.6 is 11.6 Å². The predicted octanol–water partition coefficient (Wildman–Crippen LogP) is 5.22. The van der Waals surface area contributed by atoms with Gasteiger partial charge in [-0.2, -0.15) is 0 Å². The number of amidine groups is 2. The van der Waals surface area contributed by atoms with Gasteiger partial charge in [-0.3, -0.25) is 15.7 Å². The fraction of sp³-hybridized carbons (Fsp3) is 0.263. The van der Waals surface area contributed by atoms with Gasteiger partial charge in [0, 0.05) is 23.2 Å². The summed E-state index contributed by atoms with van der Waals surface area (Å²) in [5, 5.41) is 17.4. The third-order valence-electron chi connectivity index (χ3n) is 4.30. The average Bonchev–Trinajstić information content (AvgIpc) is 2.64. The number of rotatable bonds is 1. The van der Waals surface area contributed by atoms with Crippen LogP contribution in [0.15, 0.2) is 42.5 Å². The van der Waals surface area contributed by atoms with Gasteiger partial charge in [0.1, 0.15) is 11.7 Å². The first-order valence-electron chi connectivity index (χ1n) is 7.96. The lowest BCUT2D eigenvalue weighted by Crippen LogP contribution is -2.38. The Hall–Kier alpha value is -2.33. The van der Waals surface area contributed by atoms with E-state index in [-0.39, 0.29) is 5.92 Å². The second-order valence-electron chi connectivity index (χ2n) is 6.29. The standard InChI is InChI=1S/C19H21ClN4/c1-12-4-9-17-18(10-12)23(16-7-5-15(20)6-8-16)11-13(2)19(22)24(17)14(3)21/h4-10,13,21-22H,11H2,1-3H3/t13-/m1/s1. The van der Waals surface area contributed by atoms with Crippen molar-refractivity contribution >= 4 is 40.3 Å². The van der Waals surface area contributed by atoms with Gasteiger partial charge in [0.2, 0.25) is 0 Å². The maximum absolute atomic E-state index is 8.53. The summed E-state index contributed by atoms with van der Waals surface area (Å²) in [5.74, 6) is 0.799. The van der Waals surface area contributed by atoms with E-state index in [1.54, 1.807) is 11.8 Å². The number of nitrogens with zero attached hydrogens (tertiary/aromatic N) is 2. The molecule has 1 atom stereocenters. The molecule has 1 heterocycles. The van der Waals surface area contributed by atoms with Crippen molar-refractivity contribution in [2.75, 3.05) is 16.3 Å². The van der Waals surface area contributed by atoms with E-state index in [9.17, 15) is 0 Å². The van der Waals surface area contributed by atoms with Crippen molar-refractivity contribution in [1.82, 2.24) is 0 Å². The van der Waals surface area contributed by atoms with E-state index in [1.807, 2.05) is 43.3 Å². The molecule has 4 nitrogen and oxygen atoms in total. The molecule has 0 amide bonds. The van der Waals surface area contributed by atoms with Gasteiger partial charge in [-0.25, -0.2) is 0 Å². The molecule has 0 radical (unpaired) electrons. The summed E-state index contributed by atoms with van der Waals surface area (Å²) in [7, 11) is 0. The van der Waals surface area contributed by atoms with E-state index in [0.717, 1.165) is 22.6 Å². The quantitative estimate of drug-likeness (QED) is 0.552. The molecule has 1 aliphatic rings. The first-order chi connectivity index (χ1) is 11.4. The molecule has 0 unspecified atom stereocenters. The number of hydrogen-bond donors (Lipinski definition) is 2. The maximum Gasteiger partial charge on any atom is 0.111 e. The number of fused-ring (bicyclic) bond motifs is 1. The van der Waals surface area contributed by atoms with Crippen LogP contribution in [0.3, 0.4) is 0 Å². The summed E-state index contributed by atoms with van der Waals surface area (Å²) >= 11 is 6.04. The van der Waals surface area contributed by atoms with Crippen molar-refractivity contribution in [2.45, 2.75) is 20.8 Å². The van der Waals surface area contributed by atoms with E-state index in [4.69, 9.17) is 22.4 Å². The van der Waals surface area contributed by atoms with Crippen LogP contribution in [0, 0.1) is 23.7 Å². The number of hydrogen-bond acceptors (Lipinski definition) is 3. The smallest absolute Gasteiger partial charge is 0.111 e. The number of aryl methyl sites for hydroxylation is 1. The van der Waals surface area contributed by atoms with Gasteiger partial charge < -0.3 is 4.90 Å². The van der Waals surface area contributed by atoms with Gasteiger partial charge in [0.05, 0.1) is 11.4 Å². The van der Waals surface area contributed by atoms with E-state index in [0.29, 0.717) is 23.2 Å². The Kier molecular flexibility index (Phi) is 4.33. The zero-order valence-electron chi connectivity index (χ0n) is 14.1. The third-order valence-corrected chi connectivity index (χ3v) is 4.55. The highest BCUT2D eigenvalue weighted by molar-refractivity contribution is 6.30. The molecule has 1 aliphatic heterocycles. The Morgan fingerprint density at radius 2 is 1.79 bits per heavy atom. The van der Waals surface area contributed by atoms with Crippen molar-refractivity contribution < 1.29 is 0 Å². The predicted molar refractivity (Wildman–Crippen MR) is 102 cm³/mol. The molecule has 124 valence electrons. The molecule has 2 aromatic carbocycles. The maximum atomic E-state index is 8.53. The number of halogens is 1. The lowest BCUT2D eigenvalue weighted by molar-refractivity contribution is 0.756. The highest BCUT2D eigenvalue weighted by atomic mass is 35.5. The fourth-order valence-electron chi connectivity index (χ4n) is 3.07. The monoisotopic (exact) mass is 340 g/mol. The van der Waals surface area contributed by atoms with E-state index < -0.39 is 0 Å². The second kappa shape index (κ2) is 6.29. The minimum atomic E-state index is -0.00585. The number of nitrogens with one attached hydrogen (secondary N) is 2. The van der Waals surface area contributed by atoms with Crippen LogP contribution < -0.4 is 9.80 Å². The average molecular weight is 341 g/mol. The Bertz CT molecular complexity index is 798. The second-order valence-corrected chi connectivity index (χ2v) is 6.72. The first kappa shape index (κ1) is 16.5. The Labute approximate surface area is 147 Å². The summed E-state index contributed by atoms with van der Waals surface area (Å²) in [5.41, 5.74) is 4.07. The van der Waals surface area contributed by atoms with Crippen LogP contribution in [0.5, 0.6) is 0 Å². The number of benzene rings is 2. The van der Waals surface area contributed by atoms with Gasteiger partial charge in [0.25, 0.3) is 0 Å². The SMILES string of the molecule is CC(=N)N1C(=N)[C@H](C)CN(c2ccc(Cl)cc2)c2cc(C)ccc21. The lowest BCUT2D eigenvalue weighted by Gasteiger charge is -2.27. The van der Waals surface area contributed by atoms with Gasteiger partial charge in [-0.1, -0.05) is 24.6 Å². The van der Waals surface area contributed by atoms with Crippen LogP contribution in [-0.4, -0.2) is 18.2 Å². The van der Waals surface area contributed by atoms with Crippen LogP contribution in [0.4, 0.5) is 17.1 Å². The van der Waals surface area contributed by atoms with Crippen LogP contribution in [0.1, 0.15) is 19.4 Å². The zero-order chi connectivity index (χ0) is 17.4. The molecule has 0 aromatic heterocycles. The molecular formula is C19H21ClN4. The zero-order valence-corrected chi connectivity index (χ0v) is 14.9. The molecule has 2 N–H and O–H groups in total. The highest BCUT2D eigenvalue weighted by Gasteiger charge is 2.30. The van der Waals surface area contributed by atoms with Crippen LogP contribution in [0.25, 0.3) is 0 Å². The molecule has 5 heteroatoms. The Balaban J connectivity index is 2.21. The fourth-order valence-corrected chi connectivity index (χ4v) is 3.20. The van der Waals surface area contributed by atoms with E-state index in [1.165, 1.54) is 0 Å². The van der Waals surface area contributed by atoms with Gasteiger partial charge >= 0.3 is 0 Å². The van der Waals surface area contributed by atoms with Gasteiger partial charge in [0.15, 0.2) is 0 Å². The molecular weight excluding hydrogens is 320 g/mol. The van der Waals surface area contributed by atoms with Crippen molar-refractivity contribution in [2.24, 2.45) is 5.92 Å². The largest absolute Gasteiger partial charge is 0.339 e. The Morgan fingerprint density at radius 1 is 1.12 bits per heavy atom. The normalized spacial score (nSPS) is 17.5. The van der Waals surface area contributed by atoms with Crippen LogP contribution in [0.2, 0.25) is 5.02 Å².